The maximum Gasteiger partial charge on any atom is 0.245 e. The Hall–Kier alpha value is -1.63. The molecule has 104 valence electrons. The van der Waals surface area contributed by atoms with Crippen LogP contribution in [-0.2, 0) is 14.4 Å². The van der Waals surface area contributed by atoms with Crippen molar-refractivity contribution in [3.63, 3.8) is 0 Å². The van der Waals surface area contributed by atoms with Crippen LogP contribution >= 0.6 is 0 Å². The Morgan fingerprint density at radius 3 is 1.83 bits per heavy atom. The maximum atomic E-state index is 11.8. The SMILES string of the molecule is CC(=O)N[C@H](C(=O)N[C@H](C(N)=O)C(C)C)[C@@H](C)O. The van der Waals surface area contributed by atoms with Gasteiger partial charge >= 0.3 is 0 Å². The minimum atomic E-state index is -1.11. The highest BCUT2D eigenvalue weighted by Gasteiger charge is 2.29. The summed E-state index contributed by atoms with van der Waals surface area (Å²) in [5, 5.41) is 14.2. The van der Waals surface area contributed by atoms with Crippen LogP contribution in [0.4, 0.5) is 0 Å². The lowest BCUT2D eigenvalue weighted by Crippen LogP contribution is -2.57. The van der Waals surface area contributed by atoms with Crippen molar-refractivity contribution < 1.29 is 19.5 Å². The number of carbonyl (C=O) groups is 3. The Bertz CT molecular complexity index is 328. The van der Waals surface area contributed by atoms with Crippen LogP contribution in [0.5, 0.6) is 0 Å². The molecule has 0 unspecified atom stereocenters. The first-order chi connectivity index (χ1) is 8.16. The average Bonchev–Trinajstić information content (AvgIpc) is 2.20. The van der Waals surface area contributed by atoms with Crippen LogP contribution < -0.4 is 16.4 Å². The largest absolute Gasteiger partial charge is 0.391 e. The van der Waals surface area contributed by atoms with Gasteiger partial charge < -0.3 is 21.5 Å². The summed E-state index contributed by atoms with van der Waals surface area (Å²) in [6.45, 7) is 6.06. The fourth-order valence-corrected chi connectivity index (χ4v) is 1.43. The summed E-state index contributed by atoms with van der Waals surface area (Å²) in [6.07, 6.45) is -1.07. The molecule has 3 atom stereocenters. The van der Waals surface area contributed by atoms with E-state index in [1.54, 1.807) is 13.8 Å². The number of primary amides is 1. The van der Waals surface area contributed by atoms with Crippen LogP contribution in [0.25, 0.3) is 0 Å². The molecule has 0 rings (SSSR count). The lowest BCUT2D eigenvalue weighted by atomic mass is 10.0. The maximum absolute atomic E-state index is 11.8. The predicted octanol–water partition coefficient (Wildman–Crippen LogP) is -1.50. The topological polar surface area (TPSA) is 122 Å². The summed E-state index contributed by atoms with van der Waals surface area (Å²) in [4.78, 5) is 33.9. The lowest BCUT2D eigenvalue weighted by Gasteiger charge is -2.24. The van der Waals surface area contributed by atoms with E-state index in [2.05, 4.69) is 10.6 Å². The summed E-state index contributed by atoms with van der Waals surface area (Å²) in [6, 6.07) is -1.95. The number of aliphatic hydroxyl groups is 1. The third kappa shape index (κ3) is 5.13. The van der Waals surface area contributed by atoms with Gasteiger partial charge in [0.2, 0.25) is 17.7 Å². The minimum absolute atomic E-state index is 0.182. The van der Waals surface area contributed by atoms with Crippen LogP contribution in [0, 0.1) is 5.92 Å². The fourth-order valence-electron chi connectivity index (χ4n) is 1.43. The number of hydrogen-bond donors (Lipinski definition) is 4. The van der Waals surface area contributed by atoms with Gasteiger partial charge in [0.05, 0.1) is 6.10 Å². The van der Waals surface area contributed by atoms with Crippen molar-refractivity contribution in [2.75, 3.05) is 0 Å². The number of amides is 3. The molecule has 0 heterocycles. The van der Waals surface area contributed by atoms with E-state index in [-0.39, 0.29) is 5.92 Å². The molecule has 0 aliphatic rings. The van der Waals surface area contributed by atoms with E-state index in [1.807, 2.05) is 0 Å². The highest BCUT2D eigenvalue weighted by molar-refractivity contribution is 5.91. The molecular weight excluding hydrogens is 238 g/mol. The van der Waals surface area contributed by atoms with Crippen LogP contribution in [0.2, 0.25) is 0 Å². The summed E-state index contributed by atoms with van der Waals surface area (Å²) in [5.41, 5.74) is 5.16. The molecule has 0 saturated heterocycles. The third-order valence-electron chi connectivity index (χ3n) is 2.39. The van der Waals surface area contributed by atoms with E-state index in [0.717, 1.165) is 0 Å². The van der Waals surface area contributed by atoms with Gasteiger partial charge in [0.25, 0.3) is 0 Å². The Balaban J connectivity index is 4.77. The van der Waals surface area contributed by atoms with E-state index in [9.17, 15) is 19.5 Å². The van der Waals surface area contributed by atoms with Crippen molar-refractivity contribution in [1.82, 2.24) is 10.6 Å². The molecule has 0 aliphatic carbocycles. The number of aliphatic hydroxyl groups excluding tert-OH is 1. The van der Waals surface area contributed by atoms with E-state index >= 15 is 0 Å². The van der Waals surface area contributed by atoms with Gasteiger partial charge in [0.1, 0.15) is 12.1 Å². The van der Waals surface area contributed by atoms with Gasteiger partial charge in [-0.1, -0.05) is 13.8 Å². The molecular formula is C11H21N3O4. The number of hydrogen-bond acceptors (Lipinski definition) is 4. The number of nitrogens with two attached hydrogens (primary N) is 1. The van der Waals surface area contributed by atoms with Crippen molar-refractivity contribution in [2.45, 2.75) is 45.9 Å². The molecule has 7 nitrogen and oxygen atoms in total. The van der Waals surface area contributed by atoms with Crippen LogP contribution in [0.15, 0.2) is 0 Å². The molecule has 5 N–H and O–H groups in total. The smallest absolute Gasteiger partial charge is 0.245 e. The number of rotatable bonds is 6. The van der Waals surface area contributed by atoms with Gasteiger partial charge in [-0.2, -0.15) is 0 Å². The summed E-state index contributed by atoms with van der Waals surface area (Å²) in [7, 11) is 0. The second-order valence-electron chi connectivity index (χ2n) is 4.55. The molecule has 0 aromatic carbocycles. The molecule has 3 amide bonds. The highest BCUT2D eigenvalue weighted by atomic mass is 16.3. The Morgan fingerprint density at radius 1 is 1.06 bits per heavy atom. The summed E-state index contributed by atoms with van der Waals surface area (Å²) < 4.78 is 0. The average molecular weight is 259 g/mol. The van der Waals surface area contributed by atoms with Gasteiger partial charge in [-0.25, -0.2) is 0 Å². The fraction of sp³-hybridized carbons (Fsp3) is 0.727. The zero-order valence-corrected chi connectivity index (χ0v) is 11.1. The minimum Gasteiger partial charge on any atom is -0.391 e. The first-order valence-corrected chi connectivity index (χ1v) is 5.71. The second kappa shape index (κ2) is 6.95. The first-order valence-electron chi connectivity index (χ1n) is 5.71. The summed E-state index contributed by atoms with van der Waals surface area (Å²) >= 11 is 0. The summed E-state index contributed by atoms with van der Waals surface area (Å²) in [5.74, 6) is -1.93. The molecule has 0 radical (unpaired) electrons. The van der Waals surface area contributed by atoms with Crippen molar-refractivity contribution in [1.29, 1.82) is 0 Å². The normalized spacial score (nSPS) is 15.7. The Kier molecular flexibility index (Phi) is 6.32. The van der Waals surface area contributed by atoms with Gasteiger partial charge in [-0.15, -0.1) is 0 Å². The van der Waals surface area contributed by atoms with Crippen molar-refractivity contribution >= 4 is 17.7 Å². The lowest BCUT2D eigenvalue weighted by molar-refractivity contribution is -0.133. The molecule has 7 heteroatoms. The molecule has 0 fully saturated rings. The first kappa shape index (κ1) is 16.4. The van der Waals surface area contributed by atoms with E-state index in [4.69, 9.17) is 5.73 Å². The van der Waals surface area contributed by atoms with Gasteiger partial charge in [-0.3, -0.25) is 14.4 Å². The molecule has 0 aliphatic heterocycles. The number of nitrogens with one attached hydrogen (secondary N) is 2. The van der Waals surface area contributed by atoms with Crippen molar-refractivity contribution in [3.05, 3.63) is 0 Å². The van der Waals surface area contributed by atoms with Crippen LogP contribution in [0.1, 0.15) is 27.7 Å². The molecule has 18 heavy (non-hydrogen) atoms. The number of carbonyl (C=O) groups excluding carboxylic acids is 3. The Labute approximate surface area is 106 Å². The molecule has 0 bridgehead atoms. The van der Waals surface area contributed by atoms with E-state index in [0.29, 0.717) is 0 Å². The van der Waals surface area contributed by atoms with Crippen LogP contribution in [-0.4, -0.2) is 41.0 Å². The zero-order valence-electron chi connectivity index (χ0n) is 11.1. The van der Waals surface area contributed by atoms with Crippen molar-refractivity contribution in [3.8, 4) is 0 Å². The predicted molar refractivity (Wildman–Crippen MR) is 65.2 cm³/mol. The Morgan fingerprint density at radius 2 is 1.56 bits per heavy atom. The van der Waals surface area contributed by atoms with Gasteiger partial charge in [-0.05, 0) is 12.8 Å². The molecule has 0 saturated carbocycles. The van der Waals surface area contributed by atoms with Gasteiger partial charge in [0, 0.05) is 6.92 Å². The standard InChI is InChI=1S/C11H21N3O4/c1-5(2)8(10(12)17)14-11(18)9(6(3)15)13-7(4)16/h5-6,8-9,15H,1-4H3,(H2,12,17)(H,13,16)(H,14,18)/t6-,8+,9+/m1/s1. The third-order valence-corrected chi connectivity index (χ3v) is 2.39. The van der Waals surface area contributed by atoms with Gasteiger partial charge in [0.15, 0.2) is 0 Å². The highest BCUT2D eigenvalue weighted by Crippen LogP contribution is 2.02. The van der Waals surface area contributed by atoms with Crippen LogP contribution in [0.3, 0.4) is 0 Å². The monoisotopic (exact) mass is 259 g/mol. The van der Waals surface area contributed by atoms with Crippen molar-refractivity contribution in [2.24, 2.45) is 11.7 Å². The van der Waals surface area contributed by atoms with E-state index in [1.165, 1.54) is 13.8 Å². The molecule has 0 aromatic rings. The quantitative estimate of drug-likeness (QED) is 0.463. The van der Waals surface area contributed by atoms with E-state index < -0.39 is 35.9 Å². The second-order valence-corrected chi connectivity index (χ2v) is 4.55. The molecule has 0 spiro atoms. The zero-order chi connectivity index (χ0) is 14.5. The molecule has 0 aromatic heterocycles.